The first-order valence-corrected chi connectivity index (χ1v) is 11.6. The van der Waals surface area contributed by atoms with E-state index in [4.69, 9.17) is 12.2 Å². The summed E-state index contributed by atoms with van der Waals surface area (Å²) in [5.74, 6) is 0. The van der Waals surface area contributed by atoms with Crippen molar-refractivity contribution in [1.82, 2.24) is 10.7 Å². The molecule has 3 N–H and O–H groups in total. The molecule has 0 saturated heterocycles. The Bertz CT molecular complexity index is 640. The van der Waals surface area contributed by atoms with Crippen LogP contribution >= 0.6 is 12.2 Å². The van der Waals surface area contributed by atoms with Crippen molar-refractivity contribution in [1.29, 1.82) is 0 Å². The molecule has 0 heterocycles. The fourth-order valence-electron chi connectivity index (χ4n) is 2.69. The van der Waals surface area contributed by atoms with Gasteiger partial charge in [0.25, 0.3) is 0 Å². The monoisotopic (exact) mass is 437 g/mol. The number of anilines is 1. The first-order valence-electron chi connectivity index (χ1n) is 9.79. The van der Waals surface area contributed by atoms with Gasteiger partial charge >= 0.3 is 29.6 Å². The van der Waals surface area contributed by atoms with Crippen molar-refractivity contribution in [2.75, 3.05) is 12.0 Å². The van der Waals surface area contributed by atoms with Crippen molar-refractivity contribution >= 4 is 33.1 Å². The van der Waals surface area contributed by atoms with Crippen LogP contribution in [-0.4, -0.2) is 24.6 Å². The molecule has 0 atom stereocenters. The van der Waals surface area contributed by atoms with Gasteiger partial charge in [0.05, 0.1) is 10.6 Å². The molecule has 1 rings (SSSR count). The SMILES string of the molecule is CCCCCCCCCCCCNC(=S)NNc1ccc(S(=O)(=O)[O-])cc1.[Na+]. The van der Waals surface area contributed by atoms with Gasteiger partial charge in [0, 0.05) is 6.54 Å². The molecule has 9 heteroatoms. The van der Waals surface area contributed by atoms with Crippen molar-refractivity contribution < 1.29 is 42.5 Å². The van der Waals surface area contributed by atoms with Gasteiger partial charge in [-0.25, -0.2) is 8.42 Å². The van der Waals surface area contributed by atoms with Gasteiger partial charge in [0.2, 0.25) is 0 Å². The van der Waals surface area contributed by atoms with Crippen LogP contribution in [0.4, 0.5) is 5.69 Å². The Labute approximate surface area is 197 Å². The Balaban J connectivity index is 0.00000729. The van der Waals surface area contributed by atoms with Crippen molar-refractivity contribution in [2.45, 2.75) is 76.0 Å². The molecule has 0 aromatic heterocycles. The Hall–Kier alpha value is -0.380. The van der Waals surface area contributed by atoms with E-state index < -0.39 is 10.1 Å². The van der Waals surface area contributed by atoms with Crippen LogP contribution in [0, 0.1) is 0 Å². The zero-order valence-electron chi connectivity index (χ0n) is 17.1. The normalized spacial score (nSPS) is 10.8. The second kappa shape index (κ2) is 16.4. The average Bonchev–Trinajstić information content (AvgIpc) is 2.64. The molecule has 0 amide bonds. The van der Waals surface area contributed by atoms with Gasteiger partial charge in [-0.15, -0.1) is 0 Å². The number of rotatable bonds is 14. The van der Waals surface area contributed by atoms with Crippen LogP contribution < -0.4 is 45.7 Å². The Kier molecular flexibility index (Phi) is 16.2. The quantitative estimate of drug-likeness (QED) is 0.133. The molecule has 1 aromatic rings. The third-order valence-electron chi connectivity index (χ3n) is 4.28. The van der Waals surface area contributed by atoms with E-state index in [0.717, 1.165) is 13.0 Å². The van der Waals surface area contributed by atoms with Crippen LogP contribution in [0.1, 0.15) is 71.1 Å². The van der Waals surface area contributed by atoms with Gasteiger partial charge in [0.1, 0.15) is 10.1 Å². The molecule has 154 valence electrons. The summed E-state index contributed by atoms with van der Waals surface area (Å²) in [4.78, 5) is -0.255. The molecule has 0 aliphatic carbocycles. The molecule has 0 radical (unpaired) electrons. The van der Waals surface area contributed by atoms with E-state index in [1.54, 1.807) is 0 Å². The van der Waals surface area contributed by atoms with Gasteiger partial charge < -0.3 is 9.87 Å². The molecule has 0 unspecified atom stereocenters. The Morgan fingerprint density at radius 3 is 1.93 bits per heavy atom. The molecular formula is C19H32N3NaO3S2. The van der Waals surface area contributed by atoms with Gasteiger partial charge in [-0.3, -0.25) is 10.9 Å². The van der Waals surface area contributed by atoms with Crippen molar-refractivity contribution in [3.8, 4) is 0 Å². The zero-order chi connectivity index (χ0) is 20.0. The number of hydrogen-bond donors (Lipinski definition) is 3. The predicted molar refractivity (Wildman–Crippen MR) is 114 cm³/mol. The van der Waals surface area contributed by atoms with Crippen molar-refractivity contribution in [3.63, 3.8) is 0 Å². The Morgan fingerprint density at radius 2 is 1.43 bits per heavy atom. The average molecular weight is 438 g/mol. The molecule has 0 saturated carbocycles. The molecule has 0 fully saturated rings. The fraction of sp³-hybridized carbons (Fsp3) is 0.632. The Morgan fingerprint density at radius 1 is 0.929 bits per heavy atom. The predicted octanol–water partition coefficient (Wildman–Crippen LogP) is 1.31. The second-order valence-electron chi connectivity index (χ2n) is 6.67. The summed E-state index contributed by atoms with van der Waals surface area (Å²) in [6, 6.07) is 5.52. The standard InChI is InChI=1S/C19H33N3O3S2.Na/c1-2-3-4-5-6-7-8-9-10-11-16-20-19(26)22-21-17-12-14-18(15-13-17)27(23,24)25;/h12-15,21H,2-11,16H2,1H3,(H2,20,22,26)(H,23,24,25);/q;+1/p-1. The van der Waals surface area contributed by atoms with Crippen LogP contribution in [0.25, 0.3) is 0 Å². The second-order valence-corrected chi connectivity index (χ2v) is 8.45. The summed E-state index contributed by atoms with van der Waals surface area (Å²) in [6.07, 6.45) is 13.0. The summed E-state index contributed by atoms with van der Waals surface area (Å²) >= 11 is 5.18. The number of hydrazine groups is 1. The maximum atomic E-state index is 10.9. The molecule has 1 aromatic carbocycles. The molecular weight excluding hydrogens is 405 g/mol. The van der Waals surface area contributed by atoms with E-state index in [0.29, 0.717) is 10.8 Å². The third kappa shape index (κ3) is 13.7. The van der Waals surface area contributed by atoms with Gasteiger partial charge in [-0.05, 0) is 42.9 Å². The topological polar surface area (TPSA) is 93.3 Å². The number of unbranched alkanes of at least 4 members (excludes halogenated alkanes) is 9. The summed E-state index contributed by atoms with van der Waals surface area (Å²) in [5, 5.41) is 3.60. The third-order valence-corrected chi connectivity index (χ3v) is 5.38. The van der Waals surface area contributed by atoms with E-state index in [-0.39, 0.29) is 34.5 Å². The minimum Gasteiger partial charge on any atom is -0.744 e. The number of hydrogen-bond acceptors (Lipinski definition) is 5. The fourth-order valence-corrected chi connectivity index (χ4v) is 3.31. The number of thiocarbonyl (C=S) groups is 1. The molecule has 6 nitrogen and oxygen atoms in total. The van der Waals surface area contributed by atoms with E-state index in [9.17, 15) is 13.0 Å². The van der Waals surface area contributed by atoms with E-state index in [2.05, 4.69) is 23.1 Å². The summed E-state index contributed by atoms with van der Waals surface area (Å²) < 4.78 is 32.6. The van der Waals surface area contributed by atoms with Crippen molar-refractivity contribution in [2.24, 2.45) is 0 Å². The molecule has 0 aliphatic heterocycles. The van der Waals surface area contributed by atoms with Crippen LogP contribution in [0.15, 0.2) is 29.2 Å². The van der Waals surface area contributed by atoms with Crippen LogP contribution in [0.5, 0.6) is 0 Å². The maximum Gasteiger partial charge on any atom is 1.00 e. The smallest absolute Gasteiger partial charge is 0.744 e. The summed E-state index contributed by atoms with van der Waals surface area (Å²) in [7, 11) is -4.42. The van der Waals surface area contributed by atoms with E-state index in [1.807, 2.05) is 0 Å². The number of benzene rings is 1. The van der Waals surface area contributed by atoms with E-state index >= 15 is 0 Å². The summed E-state index contributed by atoms with van der Waals surface area (Å²) in [5.41, 5.74) is 6.31. The van der Waals surface area contributed by atoms with Crippen LogP contribution in [-0.2, 0) is 10.1 Å². The minimum absolute atomic E-state index is 0. The van der Waals surface area contributed by atoms with Gasteiger partial charge in [-0.1, -0.05) is 64.7 Å². The van der Waals surface area contributed by atoms with Gasteiger partial charge in [-0.2, -0.15) is 0 Å². The molecule has 0 spiro atoms. The maximum absolute atomic E-state index is 10.9. The van der Waals surface area contributed by atoms with Crippen LogP contribution in [0.2, 0.25) is 0 Å². The molecule has 0 aliphatic rings. The van der Waals surface area contributed by atoms with E-state index in [1.165, 1.54) is 82.1 Å². The minimum atomic E-state index is -4.42. The van der Waals surface area contributed by atoms with Crippen molar-refractivity contribution in [3.05, 3.63) is 24.3 Å². The zero-order valence-corrected chi connectivity index (χ0v) is 20.8. The summed E-state index contributed by atoms with van der Waals surface area (Å²) in [6.45, 7) is 3.06. The van der Waals surface area contributed by atoms with Crippen LogP contribution in [0.3, 0.4) is 0 Å². The molecule has 28 heavy (non-hydrogen) atoms. The first-order chi connectivity index (χ1) is 12.9. The number of nitrogens with one attached hydrogen (secondary N) is 3. The largest absolute Gasteiger partial charge is 1.00 e. The molecule has 0 bridgehead atoms. The first kappa shape index (κ1) is 27.6. The van der Waals surface area contributed by atoms with Gasteiger partial charge in [0.15, 0.2) is 5.11 Å².